The molecule has 1 saturated carbocycles. The van der Waals surface area contributed by atoms with Gasteiger partial charge in [0, 0.05) is 38.0 Å². The highest BCUT2D eigenvalue weighted by Gasteiger charge is 2.27. The number of amides is 1. The summed E-state index contributed by atoms with van der Waals surface area (Å²) >= 11 is 1.69. The van der Waals surface area contributed by atoms with E-state index in [2.05, 4.69) is 16.4 Å². The third-order valence-electron chi connectivity index (χ3n) is 4.50. The van der Waals surface area contributed by atoms with Gasteiger partial charge in [0.25, 0.3) is 0 Å². The van der Waals surface area contributed by atoms with E-state index >= 15 is 0 Å². The molecule has 0 aromatic rings. The van der Waals surface area contributed by atoms with Gasteiger partial charge in [0.1, 0.15) is 0 Å². The molecule has 1 saturated heterocycles. The Labute approximate surface area is 127 Å². The predicted molar refractivity (Wildman–Crippen MR) is 87.1 cm³/mol. The molecule has 3 nitrogen and oxygen atoms in total. The number of carbonyl (C=O) groups excluding carboxylic acids is 1. The van der Waals surface area contributed by atoms with E-state index in [1.807, 2.05) is 13.0 Å². The van der Waals surface area contributed by atoms with Crippen LogP contribution in [0.3, 0.4) is 0 Å². The average Bonchev–Trinajstić information content (AvgIpc) is 2.88. The van der Waals surface area contributed by atoms with Crippen LogP contribution < -0.4 is 0 Å². The molecule has 1 atom stereocenters. The molecule has 114 valence electrons. The van der Waals surface area contributed by atoms with Crippen molar-refractivity contribution in [3.05, 3.63) is 12.7 Å². The Balaban J connectivity index is 1.82. The smallest absolute Gasteiger partial charge is 0.235 e. The van der Waals surface area contributed by atoms with Crippen LogP contribution in [0, 0.1) is 0 Å². The molecule has 0 spiro atoms. The number of nitrogens with zero attached hydrogens (tertiary/aromatic N) is 2. The Hall–Kier alpha value is -0.480. The monoisotopic (exact) mass is 296 g/mol. The zero-order chi connectivity index (χ0) is 14.4. The van der Waals surface area contributed by atoms with Gasteiger partial charge in [0.05, 0.1) is 5.25 Å². The molecular formula is C16H28N2OS. The molecule has 1 aliphatic heterocycles. The fraction of sp³-hybridized carbons (Fsp3) is 0.812. The van der Waals surface area contributed by atoms with E-state index in [1.54, 1.807) is 11.8 Å². The molecule has 2 aliphatic rings. The Morgan fingerprint density at radius 3 is 2.70 bits per heavy atom. The summed E-state index contributed by atoms with van der Waals surface area (Å²) in [5.41, 5.74) is 0. The molecule has 0 N–H and O–H groups in total. The number of hydrogen-bond acceptors (Lipinski definition) is 3. The quantitative estimate of drug-likeness (QED) is 0.729. The van der Waals surface area contributed by atoms with Crippen molar-refractivity contribution in [1.29, 1.82) is 0 Å². The Morgan fingerprint density at radius 1 is 1.25 bits per heavy atom. The van der Waals surface area contributed by atoms with Crippen LogP contribution >= 0.6 is 11.8 Å². The zero-order valence-electron chi connectivity index (χ0n) is 12.7. The number of thioether (sulfide) groups is 1. The van der Waals surface area contributed by atoms with Crippen molar-refractivity contribution in [1.82, 2.24) is 9.80 Å². The Morgan fingerprint density at radius 2 is 2.00 bits per heavy atom. The van der Waals surface area contributed by atoms with Crippen LogP contribution in [0.2, 0.25) is 0 Å². The van der Waals surface area contributed by atoms with E-state index in [0.717, 1.165) is 37.8 Å². The second-order valence-corrected chi connectivity index (χ2v) is 7.29. The van der Waals surface area contributed by atoms with E-state index in [4.69, 9.17) is 0 Å². The van der Waals surface area contributed by atoms with Gasteiger partial charge in [-0.3, -0.25) is 9.69 Å². The lowest BCUT2D eigenvalue weighted by Crippen LogP contribution is -2.41. The standard InChI is InChI=1S/C16H28N2OS/c1-3-13-20-14(2)16(19)18-10-6-9-17(11-12-18)15-7-4-5-8-15/h3,14-15H,1,4-13H2,2H3. The molecule has 20 heavy (non-hydrogen) atoms. The van der Waals surface area contributed by atoms with Gasteiger partial charge in [-0.05, 0) is 26.2 Å². The molecule has 0 aromatic carbocycles. The normalized spacial score (nSPS) is 23.6. The third-order valence-corrected chi connectivity index (χ3v) is 5.62. The minimum Gasteiger partial charge on any atom is -0.340 e. The van der Waals surface area contributed by atoms with Crippen molar-refractivity contribution in [3.8, 4) is 0 Å². The molecule has 1 amide bonds. The van der Waals surface area contributed by atoms with E-state index in [9.17, 15) is 4.79 Å². The highest BCUT2D eigenvalue weighted by molar-refractivity contribution is 8.00. The SMILES string of the molecule is C=CCSC(C)C(=O)N1CCCN(C2CCCC2)CC1. The summed E-state index contributed by atoms with van der Waals surface area (Å²) in [4.78, 5) is 17.1. The van der Waals surface area contributed by atoms with Gasteiger partial charge in [-0.2, -0.15) is 0 Å². The van der Waals surface area contributed by atoms with E-state index in [0.29, 0.717) is 5.91 Å². The van der Waals surface area contributed by atoms with E-state index in [-0.39, 0.29) is 5.25 Å². The molecule has 0 aromatic heterocycles. The van der Waals surface area contributed by atoms with Crippen LogP contribution in [0.1, 0.15) is 39.0 Å². The topological polar surface area (TPSA) is 23.6 Å². The summed E-state index contributed by atoms with van der Waals surface area (Å²) in [6.45, 7) is 9.82. The lowest BCUT2D eigenvalue weighted by molar-refractivity contribution is -0.130. The summed E-state index contributed by atoms with van der Waals surface area (Å²) in [5.74, 6) is 1.17. The third kappa shape index (κ3) is 4.26. The van der Waals surface area contributed by atoms with Crippen molar-refractivity contribution in [2.45, 2.75) is 50.3 Å². The summed E-state index contributed by atoms with van der Waals surface area (Å²) < 4.78 is 0. The van der Waals surface area contributed by atoms with E-state index in [1.165, 1.54) is 32.2 Å². The fourth-order valence-electron chi connectivity index (χ4n) is 3.33. The molecule has 1 aliphatic carbocycles. The van der Waals surface area contributed by atoms with Crippen LogP contribution in [-0.4, -0.2) is 58.9 Å². The number of rotatable bonds is 5. The van der Waals surface area contributed by atoms with Crippen molar-refractivity contribution in [2.75, 3.05) is 31.9 Å². The maximum Gasteiger partial charge on any atom is 0.235 e. The molecule has 2 fully saturated rings. The summed E-state index contributed by atoms with van der Waals surface area (Å²) in [6, 6.07) is 0.789. The maximum absolute atomic E-state index is 12.4. The molecule has 1 heterocycles. The van der Waals surface area contributed by atoms with Crippen LogP contribution in [0.15, 0.2) is 12.7 Å². The van der Waals surface area contributed by atoms with Crippen molar-refractivity contribution in [2.24, 2.45) is 0 Å². The highest BCUT2D eigenvalue weighted by Crippen LogP contribution is 2.24. The van der Waals surface area contributed by atoms with Gasteiger partial charge in [-0.25, -0.2) is 0 Å². The first-order valence-electron chi connectivity index (χ1n) is 7.97. The average molecular weight is 296 g/mol. The van der Waals surface area contributed by atoms with Crippen LogP contribution in [0.25, 0.3) is 0 Å². The minimum atomic E-state index is 0.0611. The summed E-state index contributed by atoms with van der Waals surface area (Å²) in [6.07, 6.45) is 8.50. The Kier molecular flexibility index (Phi) is 6.43. The van der Waals surface area contributed by atoms with Crippen molar-refractivity contribution in [3.63, 3.8) is 0 Å². The van der Waals surface area contributed by atoms with Gasteiger partial charge in [0.2, 0.25) is 5.91 Å². The Bertz CT molecular complexity index is 328. The van der Waals surface area contributed by atoms with E-state index < -0.39 is 0 Å². The minimum absolute atomic E-state index is 0.0611. The number of hydrogen-bond donors (Lipinski definition) is 0. The first-order chi connectivity index (χ1) is 9.72. The highest BCUT2D eigenvalue weighted by atomic mass is 32.2. The van der Waals surface area contributed by atoms with Gasteiger partial charge in [-0.1, -0.05) is 18.9 Å². The zero-order valence-corrected chi connectivity index (χ0v) is 13.5. The molecule has 4 heteroatoms. The second-order valence-electron chi connectivity index (χ2n) is 5.92. The first-order valence-corrected chi connectivity index (χ1v) is 9.02. The lowest BCUT2D eigenvalue weighted by atomic mass is 10.2. The van der Waals surface area contributed by atoms with Crippen LogP contribution in [0.5, 0.6) is 0 Å². The van der Waals surface area contributed by atoms with Gasteiger partial charge in [0.15, 0.2) is 0 Å². The van der Waals surface area contributed by atoms with Gasteiger partial charge < -0.3 is 4.90 Å². The van der Waals surface area contributed by atoms with Crippen LogP contribution in [0.4, 0.5) is 0 Å². The molecule has 0 bridgehead atoms. The van der Waals surface area contributed by atoms with Gasteiger partial charge in [-0.15, -0.1) is 18.3 Å². The fourth-order valence-corrected chi connectivity index (χ4v) is 4.05. The molecule has 2 rings (SSSR count). The molecular weight excluding hydrogens is 268 g/mol. The van der Waals surface area contributed by atoms with Gasteiger partial charge >= 0.3 is 0 Å². The maximum atomic E-state index is 12.4. The molecule has 1 unspecified atom stereocenters. The number of carbonyl (C=O) groups is 1. The predicted octanol–water partition coefficient (Wildman–Crippen LogP) is 2.77. The summed E-state index contributed by atoms with van der Waals surface area (Å²) in [7, 11) is 0. The summed E-state index contributed by atoms with van der Waals surface area (Å²) in [5, 5.41) is 0.0611. The lowest BCUT2D eigenvalue weighted by Gasteiger charge is -2.27. The molecule has 0 radical (unpaired) electrons. The van der Waals surface area contributed by atoms with Crippen LogP contribution in [-0.2, 0) is 4.79 Å². The second kappa shape index (κ2) is 8.08. The van der Waals surface area contributed by atoms with Crippen molar-refractivity contribution >= 4 is 17.7 Å². The largest absolute Gasteiger partial charge is 0.340 e. The first kappa shape index (κ1) is 15.9. The van der Waals surface area contributed by atoms with Crippen molar-refractivity contribution < 1.29 is 4.79 Å².